The van der Waals surface area contributed by atoms with E-state index in [0.717, 1.165) is 26.1 Å². The molecule has 0 spiro atoms. The molecule has 0 bridgehead atoms. The molecule has 0 aliphatic carbocycles. The van der Waals surface area contributed by atoms with Crippen LogP contribution in [0.1, 0.15) is 19.8 Å². The Kier molecular flexibility index (Phi) is 3.51. The molecule has 1 aliphatic heterocycles. The van der Waals surface area contributed by atoms with E-state index in [2.05, 4.69) is 11.0 Å². The van der Waals surface area contributed by atoms with Gasteiger partial charge < -0.3 is 10.6 Å². The number of nitriles is 1. The van der Waals surface area contributed by atoms with Crippen molar-refractivity contribution >= 4 is 0 Å². The van der Waals surface area contributed by atoms with Crippen molar-refractivity contribution in [3.63, 3.8) is 0 Å². The van der Waals surface area contributed by atoms with Gasteiger partial charge in [0.1, 0.15) is 0 Å². The van der Waals surface area contributed by atoms with Crippen molar-refractivity contribution in [2.45, 2.75) is 25.8 Å². The summed E-state index contributed by atoms with van der Waals surface area (Å²) in [4.78, 5) is 2.29. The molecule has 1 saturated heterocycles. The zero-order chi connectivity index (χ0) is 8.97. The van der Waals surface area contributed by atoms with Crippen molar-refractivity contribution < 1.29 is 0 Å². The molecule has 12 heavy (non-hydrogen) atoms. The molecule has 3 heteroatoms. The summed E-state index contributed by atoms with van der Waals surface area (Å²) in [5.41, 5.74) is 5.82. The molecule has 0 aromatic heterocycles. The quantitative estimate of drug-likeness (QED) is 0.654. The van der Waals surface area contributed by atoms with Crippen molar-refractivity contribution in [2.75, 3.05) is 19.6 Å². The zero-order valence-electron chi connectivity index (χ0n) is 7.66. The van der Waals surface area contributed by atoms with Crippen LogP contribution in [0.2, 0.25) is 0 Å². The minimum atomic E-state index is 0.135. The van der Waals surface area contributed by atoms with Gasteiger partial charge in [-0.05, 0) is 26.3 Å². The molecule has 0 saturated carbocycles. The van der Waals surface area contributed by atoms with Crippen molar-refractivity contribution in [2.24, 2.45) is 11.7 Å². The maximum absolute atomic E-state index is 8.62. The first-order chi connectivity index (χ1) is 5.72. The summed E-state index contributed by atoms with van der Waals surface area (Å²) in [7, 11) is 0. The molecule has 1 fully saturated rings. The van der Waals surface area contributed by atoms with E-state index in [-0.39, 0.29) is 5.92 Å². The SMILES string of the molecule is CC(C#N)CN1CCCC(N)C1. The van der Waals surface area contributed by atoms with E-state index in [1.54, 1.807) is 0 Å². The third kappa shape index (κ3) is 2.80. The van der Waals surface area contributed by atoms with Gasteiger partial charge in [-0.2, -0.15) is 5.26 Å². The predicted octanol–water partition coefficient (Wildman–Crippen LogP) is 0.569. The average molecular weight is 167 g/mol. The molecule has 2 N–H and O–H groups in total. The van der Waals surface area contributed by atoms with E-state index in [4.69, 9.17) is 11.0 Å². The van der Waals surface area contributed by atoms with Gasteiger partial charge in [0.15, 0.2) is 0 Å². The van der Waals surface area contributed by atoms with Crippen LogP contribution in [0.3, 0.4) is 0 Å². The van der Waals surface area contributed by atoms with E-state index in [9.17, 15) is 0 Å². The largest absolute Gasteiger partial charge is 0.327 e. The maximum Gasteiger partial charge on any atom is 0.0666 e. The fourth-order valence-corrected chi connectivity index (χ4v) is 1.69. The fraction of sp³-hybridized carbons (Fsp3) is 0.889. The summed E-state index contributed by atoms with van der Waals surface area (Å²) in [6.07, 6.45) is 2.32. The molecule has 68 valence electrons. The van der Waals surface area contributed by atoms with Gasteiger partial charge in [0.05, 0.1) is 12.0 Å². The lowest BCUT2D eigenvalue weighted by Crippen LogP contribution is -2.44. The third-order valence-electron chi connectivity index (χ3n) is 2.29. The lowest BCUT2D eigenvalue weighted by molar-refractivity contribution is 0.197. The van der Waals surface area contributed by atoms with Gasteiger partial charge in [-0.15, -0.1) is 0 Å². The summed E-state index contributed by atoms with van der Waals surface area (Å²) in [6, 6.07) is 2.57. The van der Waals surface area contributed by atoms with Gasteiger partial charge in [-0.1, -0.05) is 0 Å². The van der Waals surface area contributed by atoms with Crippen LogP contribution in [0.15, 0.2) is 0 Å². The molecular formula is C9H17N3. The zero-order valence-corrected chi connectivity index (χ0v) is 7.66. The van der Waals surface area contributed by atoms with Crippen LogP contribution in [0, 0.1) is 17.2 Å². The first-order valence-electron chi connectivity index (χ1n) is 4.60. The molecule has 1 heterocycles. The second-order valence-electron chi connectivity index (χ2n) is 3.69. The molecule has 2 unspecified atom stereocenters. The molecule has 3 nitrogen and oxygen atoms in total. The molecule has 1 aliphatic rings. The Morgan fingerprint density at radius 1 is 1.75 bits per heavy atom. The van der Waals surface area contributed by atoms with Crippen LogP contribution in [0.5, 0.6) is 0 Å². The molecular weight excluding hydrogens is 150 g/mol. The highest BCUT2D eigenvalue weighted by Gasteiger charge is 2.17. The van der Waals surface area contributed by atoms with Gasteiger partial charge in [-0.25, -0.2) is 0 Å². The van der Waals surface area contributed by atoms with Crippen molar-refractivity contribution in [1.82, 2.24) is 4.90 Å². The van der Waals surface area contributed by atoms with Crippen LogP contribution in [0.25, 0.3) is 0 Å². The highest BCUT2D eigenvalue weighted by molar-refractivity contribution is 4.84. The number of rotatable bonds is 2. The second-order valence-corrected chi connectivity index (χ2v) is 3.69. The van der Waals surface area contributed by atoms with E-state index in [0.29, 0.717) is 6.04 Å². The lowest BCUT2D eigenvalue weighted by atomic mass is 10.1. The van der Waals surface area contributed by atoms with Crippen LogP contribution in [-0.4, -0.2) is 30.6 Å². The van der Waals surface area contributed by atoms with Crippen LogP contribution < -0.4 is 5.73 Å². The van der Waals surface area contributed by atoms with Gasteiger partial charge in [0, 0.05) is 19.1 Å². The number of hydrogen-bond acceptors (Lipinski definition) is 3. The van der Waals surface area contributed by atoms with Crippen molar-refractivity contribution in [3.8, 4) is 6.07 Å². The summed E-state index contributed by atoms with van der Waals surface area (Å²) in [5, 5.41) is 8.62. The van der Waals surface area contributed by atoms with Crippen molar-refractivity contribution in [3.05, 3.63) is 0 Å². The molecule has 0 radical (unpaired) electrons. The monoisotopic (exact) mass is 167 g/mol. The Labute approximate surface area is 74.1 Å². The Bertz CT molecular complexity index is 173. The number of likely N-dealkylation sites (tertiary alicyclic amines) is 1. The smallest absolute Gasteiger partial charge is 0.0666 e. The second kappa shape index (κ2) is 4.44. The topological polar surface area (TPSA) is 53.0 Å². The number of nitrogens with two attached hydrogens (primary N) is 1. The Hall–Kier alpha value is -0.590. The molecule has 0 aromatic carbocycles. The van der Waals surface area contributed by atoms with Gasteiger partial charge >= 0.3 is 0 Å². The minimum absolute atomic E-state index is 0.135. The minimum Gasteiger partial charge on any atom is -0.327 e. The van der Waals surface area contributed by atoms with Gasteiger partial charge in [-0.3, -0.25) is 0 Å². The van der Waals surface area contributed by atoms with Crippen molar-refractivity contribution in [1.29, 1.82) is 5.26 Å². The first kappa shape index (κ1) is 9.50. The Morgan fingerprint density at radius 3 is 3.08 bits per heavy atom. The molecule has 2 atom stereocenters. The summed E-state index contributed by atoms with van der Waals surface area (Å²) in [6.45, 7) is 4.91. The van der Waals surface area contributed by atoms with E-state index in [1.165, 1.54) is 6.42 Å². The highest BCUT2D eigenvalue weighted by Crippen LogP contribution is 2.09. The maximum atomic E-state index is 8.62. The normalized spacial score (nSPS) is 27.9. The van der Waals surface area contributed by atoms with E-state index in [1.807, 2.05) is 6.92 Å². The number of hydrogen-bond donors (Lipinski definition) is 1. The molecule has 0 aromatic rings. The predicted molar refractivity (Wildman–Crippen MR) is 48.4 cm³/mol. The number of piperidine rings is 1. The van der Waals surface area contributed by atoms with Crippen LogP contribution in [0.4, 0.5) is 0 Å². The number of nitrogens with zero attached hydrogens (tertiary/aromatic N) is 2. The highest BCUT2D eigenvalue weighted by atomic mass is 15.1. The summed E-state index contributed by atoms with van der Waals surface area (Å²) < 4.78 is 0. The first-order valence-corrected chi connectivity index (χ1v) is 4.60. The van der Waals surface area contributed by atoms with Gasteiger partial charge in [0.25, 0.3) is 0 Å². The summed E-state index contributed by atoms with van der Waals surface area (Å²) in [5.74, 6) is 0.135. The van der Waals surface area contributed by atoms with Crippen LogP contribution >= 0.6 is 0 Å². The van der Waals surface area contributed by atoms with Crippen LogP contribution in [-0.2, 0) is 0 Å². The molecule has 1 rings (SSSR count). The Balaban J connectivity index is 2.28. The van der Waals surface area contributed by atoms with E-state index < -0.39 is 0 Å². The summed E-state index contributed by atoms with van der Waals surface area (Å²) >= 11 is 0. The standard InChI is InChI=1S/C9H17N3/c1-8(5-10)6-12-4-2-3-9(11)7-12/h8-9H,2-4,6-7,11H2,1H3. The lowest BCUT2D eigenvalue weighted by Gasteiger charge is -2.31. The average Bonchev–Trinajstić information content (AvgIpc) is 2.04. The Morgan fingerprint density at radius 2 is 2.50 bits per heavy atom. The molecule has 0 amide bonds. The van der Waals surface area contributed by atoms with E-state index >= 15 is 0 Å². The fourth-order valence-electron chi connectivity index (χ4n) is 1.69. The van der Waals surface area contributed by atoms with Gasteiger partial charge in [0.2, 0.25) is 0 Å². The third-order valence-corrected chi connectivity index (χ3v) is 2.29.